The Labute approximate surface area is 160 Å². The maximum Gasteiger partial charge on any atom is 0.222 e. The Morgan fingerprint density at radius 3 is 2.19 bits per heavy atom. The Kier molecular flexibility index (Phi) is 6.60. The first-order chi connectivity index (χ1) is 13.1. The summed E-state index contributed by atoms with van der Waals surface area (Å²) < 4.78 is 0. The molecule has 0 aliphatic carbocycles. The van der Waals surface area contributed by atoms with Gasteiger partial charge < -0.3 is 16.0 Å². The summed E-state index contributed by atoms with van der Waals surface area (Å²) in [5.74, 6) is -0.325. The Hall–Kier alpha value is -2.66. The first-order valence-corrected chi connectivity index (χ1v) is 9.54. The van der Waals surface area contributed by atoms with E-state index >= 15 is 0 Å². The lowest BCUT2D eigenvalue weighted by Crippen LogP contribution is -2.42. The smallest absolute Gasteiger partial charge is 0.222 e. The first-order valence-electron chi connectivity index (χ1n) is 9.54. The van der Waals surface area contributed by atoms with E-state index in [1.807, 2.05) is 60.7 Å². The van der Waals surface area contributed by atoms with Gasteiger partial charge in [-0.3, -0.25) is 9.59 Å². The fourth-order valence-corrected chi connectivity index (χ4v) is 3.63. The fraction of sp³-hybridized carbons (Fsp3) is 0.364. The molecule has 3 rings (SSSR count). The van der Waals surface area contributed by atoms with Crippen LogP contribution in [0.2, 0.25) is 0 Å². The van der Waals surface area contributed by atoms with E-state index in [1.54, 1.807) is 0 Å². The highest BCUT2D eigenvalue weighted by Crippen LogP contribution is 2.22. The van der Waals surface area contributed by atoms with Gasteiger partial charge >= 0.3 is 0 Å². The van der Waals surface area contributed by atoms with Crippen molar-refractivity contribution in [2.45, 2.75) is 25.3 Å². The molecule has 5 nitrogen and oxygen atoms in total. The highest BCUT2D eigenvalue weighted by Gasteiger charge is 2.24. The van der Waals surface area contributed by atoms with Crippen molar-refractivity contribution < 1.29 is 9.59 Å². The van der Waals surface area contributed by atoms with E-state index < -0.39 is 0 Å². The van der Waals surface area contributed by atoms with Crippen molar-refractivity contribution in [3.8, 4) is 0 Å². The summed E-state index contributed by atoms with van der Waals surface area (Å²) in [6, 6.07) is 19.8. The zero-order chi connectivity index (χ0) is 19.1. The molecular formula is C22H27N3O2. The number of piperidine rings is 1. The van der Waals surface area contributed by atoms with Crippen LogP contribution in [0.15, 0.2) is 60.7 Å². The average Bonchev–Trinajstić information content (AvgIpc) is 2.72. The lowest BCUT2D eigenvalue weighted by molar-refractivity contribution is -0.123. The third kappa shape index (κ3) is 5.41. The third-order valence-electron chi connectivity index (χ3n) is 5.13. The van der Waals surface area contributed by atoms with Crippen LogP contribution in [0.25, 0.3) is 0 Å². The molecule has 3 N–H and O–H groups in total. The van der Waals surface area contributed by atoms with E-state index in [-0.39, 0.29) is 23.8 Å². The van der Waals surface area contributed by atoms with Crippen LogP contribution in [-0.2, 0) is 9.59 Å². The van der Waals surface area contributed by atoms with Crippen LogP contribution in [0.4, 0.5) is 0 Å². The highest BCUT2D eigenvalue weighted by atomic mass is 16.2. The van der Waals surface area contributed by atoms with Gasteiger partial charge in [0.05, 0.1) is 12.0 Å². The van der Waals surface area contributed by atoms with Gasteiger partial charge in [-0.2, -0.15) is 0 Å². The molecule has 1 atom stereocenters. The number of hydrogen-bond donors (Lipinski definition) is 2. The molecule has 2 aromatic rings. The van der Waals surface area contributed by atoms with Crippen LogP contribution >= 0.6 is 0 Å². The van der Waals surface area contributed by atoms with Crippen molar-refractivity contribution in [1.29, 1.82) is 0 Å². The van der Waals surface area contributed by atoms with E-state index in [1.165, 1.54) is 0 Å². The van der Waals surface area contributed by atoms with Crippen LogP contribution < -0.4 is 11.1 Å². The number of amides is 2. The van der Waals surface area contributed by atoms with Crippen molar-refractivity contribution in [3.05, 3.63) is 71.8 Å². The number of hydrogen-bond acceptors (Lipinski definition) is 3. The van der Waals surface area contributed by atoms with Crippen molar-refractivity contribution in [2.75, 3.05) is 19.6 Å². The topological polar surface area (TPSA) is 75.4 Å². The molecule has 1 aliphatic rings. The van der Waals surface area contributed by atoms with Crippen LogP contribution in [0, 0.1) is 5.92 Å². The lowest BCUT2D eigenvalue weighted by atomic mass is 9.97. The van der Waals surface area contributed by atoms with Gasteiger partial charge in [0, 0.05) is 19.5 Å². The van der Waals surface area contributed by atoms with Crippen molar-refractivity contribution in [3.63, 3.8) is 0 Å². The average molecular weight is 365 g/mol. The summed E-state index contributed by atoms with van der Waals surface area (Å²) in [5, 5.41) is 3.17. The molecule has 2 aromatic carbocycles. The largest absolute Gasteiger partial charge is 0.369 e. The van der Waals surface area contributed by atoms with Gasteiger partial charge in [-0.05, 0) is 30.5 Å². The minimum atomic E-state index is -0.239. The molecule has 1 aliphatic heterocycles. The van der Waals surface area contributed by atoms with Gasteiger partial charge in [-0.25, -0.2) is 0 Å². The zero-order valence-electron chi connectivity index (χ0n) is 15.5. The molecular weight excluding hydrogens is 338 g/mol. The number of likely N-dealkylation sites (tertiary alicyclic amines) is 1. The molecule has 5 heteroatoms. The predicted octanol–water partition coefficient (Wildman–Crippen LogP) is 2.48. The summed E-state index contributed by atoms with van der Waals surface area (Å²) in [7, 11) is 0. The number of benzene rings is 2. The number of nitrogens with one attached hydrogen (secondary N) is 1. The molecule has 1 fully saturated rings. The maximum absolute atomic E-state index is 12.6. The molecule has 0 aromatic heterocycles. The van der Waals surface area contributed by atoms with Gasteiger partial charge in [-0.15, -0.1) is 0 Å². The second-order valence-electron chi connectivity index (χ2n) is 7.11. The molecule has 1 saturated heterocycles. The number of nitrogens with two attached hydrogens (primary N) is 1. The number of carbonyl (C=O) groups is 2. The van der Waals surface area contributed by atoms with E-state index in [0.717, 1.165) is 30.5 Å². The Morgan fingerprint density at radius 2 is 1.63 bits per heavy atom. The van der Waals surface area contributed by atoms with Gasteiger partial charge in [0.25, 0.3) is 0 Å². The second kappa shape index (κ2) is 9.33. The molecule has 0 saturated carbocycles. The van der Waals surface area contributed by atoms with Gasteiger partial charge in [0.15, 0.2) is 0 Å². The van der Waals surface area contributed by atoms with Crippen molar-refractivity contribution in [2.24, 2.45) is 11.7 Å². The molecule has 27 heavy (non-hydrogen) atoms. The first kappa shape index (κ1) is 19.1. The molecule has 2 amide bonds. The molecule has 142 valence electrons. The van der Waals surface area contributed by atoms with E-state index in [4.69, 9.17) is 5.73 Å². The highest BCUT2D eigenvalue weighted by molar-refractivity contribution is 5.78. The molecule has 0 radical (unpaired) electrons. The Bertz CT molecular complexity index is 709. The minimum absolute atomic E-state index is 0.00824. The number of nitrogens with zero attached hydrogens (tertiary/aromatic N) is 1. The zero-order valence-corrected chi connectivity index (χ0v) is 15.5. The lowest BCUT2D eigenvalue weighted by Gasteiger charge is -2.31. The molecule has 0 spiro atoms. The van der Waals surface area contributed by atoms with E-state index in [2.05, 4.69) is 10.2 Å². The van der Waals surface area contributed by atoms with E-state index in [9.17, 15) is 9.59 Å². The maximum atomic E-state index is 12.6. The fourth-order valence-electron chi connectivity index (χ4n) is 3.63. The van der Waals surface area contributed by atoms with Gasteiger partial charge in [-0.1, -0.05) is 60.7 Å². The second-order valence-corrected chi connectivity index (χ2v) is 7.11. The van der Waals surface area contributed by atoms with Gasteiger partial charge in [0.2, 0.25) is 11.8 Å². The summed E-state index contributed by atoms with van der Waals surface area (Å²) in [6.07, 6.45) is 2.20. The normalized spacial score (nSPS) is 17.6. The number of rotatable bonds is 7. The van der Waals surface area contributed by atoms with Crippen LogP contribution in [-0.4, -0.2) is 36.3 Å². The van der Waals surface area contributed by atoms with E-state index in [0.29, 0.717) is 19.5 Å². The van der Waals surface area contributed by atoms with Crippen LogP contribution in [0.3, 0.4) is 0 Å². The van der Waals surface area contributed by atoms with Crippen molar-refractivity contribution in [1.82, 2.24) is 10.2 Å². The van der Waals surface area contributed by atoms with Gasteiger partial charge in [0.1, 0.15) is 0 Å². The van der Waals surface area contributed by atoms with Crippen molar-refractivity contribution >= 4 is 11.8 Å². The standard InChI is InChI=1S/C22H27N3O2/c23-22(27)19-12-7-14-25(16-19)15-13-20(26)24-21(17-8-3-1-4-9-17)18-10-5-2-6-11-18/h1-6,8-11,19,21H,7,12-16H2,(H2,23,27)(H,24,26)/t19-/m1/s1. The number of primary amides is 1. The quantitative estimate of drug-likeness (QED) is 0.791. The summed E-state index contributed by atoms with van der Waals surface area (Å²) in [5.41, 5.74) is 7.55. The molecule has 0 bridgehead atoms. The van der Waals surface area contributed by atoms with Crippen LogP contribution in [0.1, 0.15) is 36.4 Å². The molecule has 1 heterocycles. The summed E-state index contributed by atoms with van der Waals surface area (Å²) in [4.78, 5) is 26.2. The number of carbonyl (C=O) groups excluding carboxylic acids is 2. The Morgan fingerprint density at radius 1 is 1.04 bits per heavy atom. The van der Waals surface area contributed by atoms with Crippen LogP contribution in [0.5, 0.6) is 0 Å². The SMILES string of the molecule is NC(=O)[C@@H]1CCCN(CCC(=O)NC(c2ccccc2)c2ccccc2)C1. The minimum Gasteiger partial charge on any atom is -0.369 e. The monoisotopic (exact) mass is 365 g/mol. The Balaban J connectivity index is 1.61. The summed E-state index contributed by atoms with van der Waals surface area (Å²) >= 11 is 0. The third-order valence-corrected chi connectivity index (χ3v) is 5.13. The summed E-state index contributed by atoms with van der Waals surface area (Å²) in [6.45, 7) is 2.22. The molecule has 0 unspecified atom stereocenters. The predicted molar refractivity (Wildman–Crippen MR) is 106 cm³/mol.